The van der Waals surface area contributed by atoms with Crippen LogP contribution in [-0.2, 0) is 4.79 Å². The summed E-state index contributed by atoms with van der Waals surface area (Å²) in [6.07, 6.45) is 3.89. The number of nitrogens with one attached hydrogen (secondary N) is 1. The molecule has 0 bridgehead atoms. The molecule has 0 radical (unpaired) electrons. The molecule has 1 saturated heterocycles. The van der Waals surface area contributed by atoms with Gasteiger partial charge in [0.15, 0.2) is 28.8 Å². The van der Waals surface area contributed by atoms with Crippen LogP contribution in [0, 0.1) is 0 Å². The van der Waals surface area contributed by atoms with E-state index in [4.69, 9.17) is 18.9 Å². The number of ether oxygens (including phenoxy) is 4. The number of benzene rings is 2. The third-order valence-electron chi connectivity index (χ3n) is 5.04. The Morgan fingerprint density at radius 2 is 1.21 bits per heavy atom. The zero-order valence-corrected chi connectivity index (χ0v) is 15.5. The molecular formula is C22H20NO5+. The maximum atomic E-state index is 13.1. The number of carbonyl (C=O) groups is 1. The summed E-state index contributed by atoms with van der Waals surface area (Å²) >= 11 is 0. The molecule has 1 N–H and O–H groups in total. The first-order valence-corrected chi connectivity index (χ1v) is 9.22. The Balaban J connectivity index is 1.45. The summed E-state index contributed by atoms with van der Waals surface area (Å²) in [5.74, 6) is 3.00. The predicted octanol–water partition coefficient (Wildman–Crippen LogP) is 1.71. The molecule has 0 amide bonds. The molecule has 3 heterocycles. The van der Waals surface area contributed by atoms with Crippen molar-refractivity contribution >= 4 is 17.9 Å². The van der Waals surface area contributed by atoms with Gasteiger partial charge in [-0.05, 0) is 47.5 Å². The van der Waals surface area contributed by atoms with Crippen molar-refractivity contribution in [1.29, 1.82) is 0 Å². The zero-order valence-electron chi connectivity index (χ0n) is 15.5. The van der Waals surface area contributed by atoms with Crippen LogP contribution >= 0.6 is 0 Å². The van der Waals surface area contributed by atoms with E-state index in [1.54, 1.807) is 0 Å². The van der Waals surface area contributed by atoms with E-state index < -0.39 is 0 Å². The van der Waals surface area contributed by atoms with Crippen molar-refractivity contribution in [3.8, 4) is 23.0 Å². The average Bonchev–Trinajstić information content (AvgIpc) is 3.33. The number of quaternary nitrogens is 1. The number of likely N-dealkylation sites (tertiary alicyclic amines) is 1. The fraction of sp³-hybridized carbons (Fsp3) is 0.227. The highest BCUT2D eigenvalue weighted by molar-refractivity contribution is 6.14. The van der Waals surface area contributed by atoms with Gasteiger partial charge in [0, 0.05) is 0 Å². The van der Waals surface area contributed by atoms with Crippen LogP contribution < -0.4 is 23.8 Å². The van der Waals surface area contributed by atoms with Gasteiger partial charge < -0.3 is 23.8 Å². The van der Waals surface area contributed by atoms with Crippen LogP contribution in [0.2, 0.25) is 0 Å². The Hall–Kier alpha value is -3.25. The molecule has 3 aliphatic rings. The molecule has 0 saturated carbocycles. The molecule has 0 atom stereocenters. The number of ketones is 1. The van der Waals surface area contributed by atoms with Crippen LogP contribution in [0.15, 0.2) is 47.5 Å². The van der Waals surface area contributed by atoms with Gasteiger partial charge >= 0.3 is 0 Å². The summed E-state index contributed by atoms with van der Waals surface area (Å²) in [6.45, 7) is 1.85. The largest absolute Gasteiger partial charge is 0.454 e. The third-order valence-corrected chi connectivity index (χ3v) is 5.04. The summed E-state index contributed by atoms with van der Waals surface area (Å²) in [4.78, 5) is 14.3. The van der Waals surface area contributed by atoms with Crippen LogP contribution in [0.1, 0.15) is 11.1 Å². The minimum absolute atomic E-state index is 0.0842. The van der Waals surface area contributed by atoms with Gasteiger partial charge in [-0.15, -0.1) is 0 Å². The van der Waals surface area contributed by atoms with Crippen molar-refractivity contribution in [2.24, 2.45) is 0 Å². The standard InChI is InChI=1S/C22H19NO5/c1-23-10-16(6-14-2-4-18-20(8-14)27-12-25-18)22(24)17(11-23)7-15-3-5-19-21(9-15)28-13-26-19/h2-9H,10-13H2,1H3/p+1/b16-6+,17-7+. The Labute approximate surface area is 162 Å². The molecule has 28 heavy (non-hydrogen) atoms. The number of carbonyl (C=O) groups excluding carboxylic acids is 1. The van der Waals surface area contributed by atoms with E-state index in [9.17, 15) is 4.79 Å². The number of Topliss-reactive ketones (excluding diaryl/α,β-unsaturated/α-hetero) is 1. The molecule has 6 heteroatoms. The molecule has 0 aliphatic carbocycles. The van der Waals surface area contributed by atoms with Crippen LogP contribution in [0.5, 0.6) is 23.0 Å². The number of likely N-dealkylation sites (N-methyl/N-ethyl adjacent to an activating group) is 1. The monoisotopic (exact) mass is 378 g/mol. The highest BCUT2D eigenvalue weighted by Crippen LogP contribution is 2.34. The van der Waals surface area contributed by atoms with Crippen molar-refractivity contribution in [1.82, 2.24) is 0 Å². The van der Waals surface area contributed by atoms with Gasteiger partial charge in [0.1, 0.15) is 13.1 Å². The van der Waals surface area contributed by atoms with Crippen LogP contribution in [0.3, 0.4) is 0 Å². The van der Waals surface area contributed by atoms with Gasteiger partial charge in [-0.2, -0.15) is 0 Å². The number of hydrogen-bond acceptors (Lipinski definition) is 5. The molecule has 1 fully saturated rings. The highest BCUT2D eigenvalue weighted by Gasteiger charge is 2.27. The minimum Gasteiger partial charge on any atom is -0.454 e. The average molecular weight is 378 g/mol. The van der Waals surface area contributed by atoms with Crippen molar-refractivity contribution in [3.63, 3.8) is 0 Å². The van der Waals surface area contributed by atoms with Gasteiger partial charge in [-0.3, -0.25) is 4.79 Å². The highest BCUT2D eigenvalue weighted by atomic mass is 16.7. The lowest BCUT2D eigenvalue weighted by Crippen LogP contribution is -3.10. The minimum atomic E-state index is 0.0842. The smallest absolute Gasteiger partial charge is 0.231 e. The normalized spacial score (nSPS) is 22.9. The maximum Gasteiger partial charge on any atom is 0.231 e. The lowest BCUT2D eigenvalue weighted by Gasteiger charge is -2.23. The zero-order chi connectivity index (χ0) is 19.1. The molecule has 0 aromatic heterocycles. The van der Waals surface area contributed by atoms with Crippen LogP contribution in [0.4, 0.5) is 0 Å². The summed E-state index contributed by atoms with van der Waals surface area (Å²) in [7, 11) is 2.09. The number of fused-ring (bicyclic) bond motifs is 2. The summed E-state index contributed by atoms with van der Waals surface area (Å²) in [5.41, 5.74) is 3.44. The quantitative estimate of drug-likeness (QED) is 0.807. The molecule has 2 aromatic rings. The Bertz CT molecular complexity index is 944. The Kier molecular flexibility index (Phi) is 4.06. The van der Waals surface area contributed by atoms with Gasteiger partial charge in [0.2, 0.25) is 13.6 Å². The second-order valence-corrected chi connectivity index (χ2v) is 7.20. The van der Waals surface area contributed by atoms with Gasteiger partial charge in [-0.1, -0.05) is 12.1 Å². The van der Waals surface area contributed by atoms with E-state index in [2.05, 4.69) is 7.05 Å². The molecule has 6 nitrogen and oxygen atoms in total. The number of rotatable bonds is 2. The van der Waals surface area contributed by atoms with Crippen molar-refractivity contribution in [3.05, 3.63) is 58.7 Å². The lowest BCUT2D eigenvalue weighted by molar-refractivity contribution is -0.870. The predicted molar refractivity (Wildman–Crippen MR) is 103 cm³/mol. The van der Waals surface area contributed by atoms with Gasteiger partial charge in [0.25, 0.3) is 0 Å². The lowest BCUT2D eigenvalue weighted by atomic mass is 9.94. The molecule has 0 unspecified atom stereocenters. The Morgan fingerprint density at radius 3 is 1.71 bits per heavy atom. The van der Waals surface area contributed by atoms with E-state index in [1.165, 1.54) is 4.90 Å². The first-order chi connectivity index (χ1) is 13.7. The second kappa shape index (κ2) is 6.73. The maximum absolute atomic E-state index is 13.1. The molecular weight excluding hydrogens is 358 g/mol. The fourth-order valence-corrected chi connectivity index (χ4v) is 3.72. The Morgan fingerprint density at radius 1 is 0.750 bits per heavy atom. The van der Waals surface area contributed by atoms with Crippen molar-refractivity contribution in [2.45, 2.75) is 0 Å². The number of hydrogen-bond donors (Lipinski definition) is 1. The molecule has 142 valence electrons. The summed E-state index contributed by atoms with van der Waals surface area (Å²) in [5, 5.41) is 0. The second-order valence-electron chi connectivity index (χ2n) is 7.20. The van der Waals surface area contributed by atoms with E-state index >= 15 is 0 Å². The SMILES string of the molecule is C[NH+]1C/C(=C\c2ccc3c(c2)OCO3)C(=O)/C(=C/c2ccc3c(c2)OCO3)C1. The van der Waals surface area contributed by atoms with E-state index in [1.807, 2.05) is 48.6 Å². The topological polar surface area (TPSA) is 58.4 Å². The van der Waals surface area contributed by atoms with Crippen LogP contribution in [-0.4, -0.2) is 39.5 Å². The number of piperidine rings is 1. The van der Waals surface area contributed by atoms with Crippen molar-refractivity contribution < 1.29 is 28.6 Å². The van der Waals surface area contributed by atoms with Gasteiger partial charge in [-0.25, -0.2) is 0 Å². The summed E-state index contributed by atoms with van der Waals surface area (Å²) < 4.78 is 21.6. The third kappa shape index (κ3) is 3.12. The van der Waals surface area contributed by atoms with E-state index in [0.29, 0.717) is 13.1 Å². The molecule has 0 spiro atoms. The van der Waals surface area contributed by atoms with E-state index in [-0.39, 0.29) is 19.4 Å². The van der Waals surface area contributed by atoms with Crippen LogP contribution in [0.25, 0.3) is 12.2 Å². The van der Waals surface area contributed by atoms with E-state index in [0.717, 1.165) is 45.3 Å². The molecule has 5 rings (SSSR count). The molecule has 3 aliphatic heterocycles. The van der Waals surface area contributed by atoms with Gasteiger partial charge in [0.05, 0.1) is 18.2 Å². The molecule has 2 aromatic carbocycles. The van der Waals surface area contributed by atoms with Crippen molar-refractivity contribution in [2.75, 3.05) is 33.7 Å². The summed E-state index contributed by atoms with van der Waals surface area (Å²) in [6, 6.07) is 11.5. The first-order valence-electron chi connectivity index (χ1n) is 9.22. The first kappa shape index (κ1) is 16.9. The fourth-order valence-electron chi connectivity index (χ4n) is 3.72.